The van der Waals surface area contributed by atoms with Crippen LogP contribution >= 0.6 is 94.2 Å². The van der Waals surface area contributed by atoms with Crippen molar-refractivity contribution < 1.29 is 23.8 Å². The standard InChI is InChI=1S/C45H22N4O5S8/c50-41(52-19-21-11-3-1-4-12-21)45(42(51)53-20-22-13-5-2-6-14-22)27-35(59-39-36(27)61-43(48-39)46-28-31(55)23-15-7-8-16-24(23)32(28)56)37-30(54-45)38-40(60-37)49-44(62-38)47-29-33(57)25-17-9-10-18-26(25)34(29)58/h1-18H,19-20H2. The van der Waals surface area contributed by atoms with Gasteiger partial charge in [0.05, 0.1) is 38.1 Å². The Balaban J connectivity index is 1.12. The molecule has 0 saturated heterocycles. The second kappa shape index (κ2) is 15.4. The number of carbonyl (C=O) groups excluding carboxylic acids is 2. The molecule has 0 bridgehead atoms. The highest BCUT2D eigenvalue weighted by Crippen LogP contribution is 2.60. The van der Waals surface area contributed by atoms with Crippen LogP contribution in [0.1, 0.15) is 16.7 Å². The van der Waals surface area contributed by atoms with E-state index >= 15 is 9.59 Å². The number of thiophene rings is 2. The van der Waals surface area contributed by atoms with Gasteiger partial charge < -0.3 is 14.2 Å². The lowest BCUT2D eigenvalue weighted by Gasteiger charge is -2.33. The summed E-state index contributed by atoms with van der Waals surface area (Å²) >= 11 is 28.3. The average molecular weight is 955 g/mol. The van der Waals surface area contributed by atoms with E-state index in [0.29, 0.717) is 67.8 Å². The van der Waals surface area contributed by atoms with Gasteiger partial charge in [0, 0.05) is 21.5 Å². The molecule has 0 radical (unpaired) electrons. The van der Waals surface area contributed by atoms with Gasteiger partial charge in [-0.25, -0.2) is 29.5 Å². The van der Waals surface area contributed by atoms with Crippen molar-refractivity contribution >= 4 is 157 Å². The first-order valence-corrected chi connectivity index (χ1v) is 23.6. The summed E-state index contributed by atoms with van der Waals surface area (Å²) in [7, 11) is 0. The average Bonchev–Trinajstić information content (AvgIpc) is 4.13. The third-order valence-electron chi connectivity index (χ3n) is 10.4. The summed E-state index contributed by atoms with van der Waals surface area (Å²) in [5, 5.41) is 5.07. The molecule has 0 saturated carbocycles. The van der Waals surface area contributed by atoms with Crippen LogP contribution in [0, 0.1) is 18.0 Å². The molecular weight excluding hydrogens is 933 g/mol. The number of nitrogens with zero attached hydrogens (tertiary/aromatic N) is 4. The van der Waals surface area contributed by atoms with Crippen LogP contribution in [0.5, 0.6) is 5.75 Å². The highest BCUT2D eigenvalue weighted by atomic mass is 32.1. The van der Waals surface area contributed by atoms with Crippen LogP contribution in [0.15, 0.2) is 119 Å². The first-order chi connectivity index (χ1) is 30.2. The van der Waals surface area contributed by atoms with Crippen molar-refractivity contribution in [1.29, 1.82) is 0 Å². The molecule has 10 aromatic rings. The van der Waals surface area contributed by atoms with Crippen molar-refractivity contribution in [2.75, 3.05) is 0 Å². The van der Waals surface area contributed by atoms with Crippen LogP contribution in [0.25, 0.3) is 50.4 Å². The van der Waals surface area contributed by atoms with E-state index < -0.39 is 17.5 Å². The van der Waals surface area contributed by atoms with Crippen LogP contribution in [-0.4, -0.2) is 21.9 Å². The molecule has 62 heavy (non-hydrogen) atoms. The monoisotopic (exact) mass is 954 g/mol. The second-order valence-electron chi connectivity index (χ2n) is 14.1. The van der Waals surface area contributed by atoms with Crippen molar-refractivity contribution in [1.82, 2.24) is 9.97 Å². The molecule has 6 aromatic carbocycles. The summed E-state index contributed by atoms with van der Waals surface area (Å²) in [6, 6.07) is 33.7. The van der Waals surface area contributed by atoms with E-state index in [1.807, 2.05) is 109 Å². The molecule has 5 heterocycles. The van der Waals surface area contributed by atoms with E-state index in [-0.39, 0.29) is 24.5 Å². The fourth-order valence-electron chi connectivity index (χ4n) is 7.44. The predicted molar refractivity (Wildman–Crippen MR) is 255 cm³/mol. The van der Waals surface area contributed by atoms with Crippen molar-refractivity contribution in [2.24, 2.45) is 9.98 Å². The first-order valence-electron chi connectivity index (χ1n) is 18.7. The largest absolute Gasteiger partial charge is 0.457 e. The Labute approximate surface area is 386 Å². The van der Waals surface area contributed by atoms with Crippen LogP contribution < -0.4 is 15.5 Å². The van der Waals surface area contributed by atoms with Gasteiger partial charge in [0.1, 0.15) is 38.3 Å². The highest BCUT2D eigenvalue weighted by Gasteiger charge is 2.60. The van der Waals surface area contributed by atoms with Crippen LogP contribution in [0.4, 0.5) is 10.3 Å². The zero-order chi connectivity index (χ0) is 42.3. The SMILES string of the molecule is O=C(OCc1ccccc1)C1(C(=O)OCc2ccccc2)Oc2c(sc3nc(N=c4c(=S)c5ccccc5c4=S)sc23)-c2sc3nc(N=c4c(=S)c5ccccc5c4=S)sc3c21. The van der Waals surface area contributed by atoms with Crippen molar-refractivity contribution in [2.45, 2.75) is 18.8 Å². The molecule has 17 heteroatoms. The quantitative estimate of drug-likeness (QED) is 0.0824. The molecule has 4 aromatic heterocycles. The van der Waals surface area contributed by atoms with E-state index in [9.17, 15) is 0 Å². The number of carbonyl (C=O) groups is 2. The number of benzene rings is 4. The molecule has 1 aliphatic rings. The van der Waals surface area contributed by atoms with Crippen LogP contribution in [0.3, 0.4) is 0 Å². The number of rotatable bonds is 8. The van der Waals surface area contributed by atoms with Gasteiger partial charge in [-0.1, -0.05) is 181 Å². The zero-order valence-corrected chi connectivity index (χ0v) is 37.9. The topological polar surface area (TPSA) is 112 Å². The van der Waals surface area contributed by atoms with Crippen LogP contribution in [-0.2, 0) is 37.9 Å². The number of esters is 2. The van der Waals surface area contributed by atoms with Gasteiger partial charge in [-0.3, -0.25) is 0 Å². The molecule has 0 amide bonds. The van der Waals surface area contributed by atoms with Crippen molar-refractivity contribution in [3.8, 4) is 15.5 Å². The Morgan fingerprint density at radius 1 is 0.548 bits per heavy atom. The summed E-state index contributed by atoms with van der Waals surface area (Å²) in [5.74, 6) is -1.63. The van der Waals surface area contributed by atoms with E-state index in [2.05, 4.69) is 0 Å². The Hall–Kier alpha value is -5.50. The smallest absolute Gasteiger partial charge is 0.367 e. The Bertz CT molecular complexity index is 3680. The van der Waals surface area contributed by atoms with Gasteiger partial charge in [0.2, 0.25) is 10.3 Å². The van der Waals surface area contributed by atoms with Gasteiger partial charge in [0.15, 0.2) is 5.75 Å². The fraction of sp³-hybridized carbons (Fsp3) is 0.0667. The lowest BCUT2D eigenvalue weighted by atomic mass is 9.91. The highest BCUT2D eigenvalue weighted by molar-refractivity contribution is 7.72. The van der Waals surface area contributed by atoms with Gasteiger partial charge in [-0.15, -0.1) is 22.7 Å². The molecule has 300 valence electrons. The van der Waals surface area contributed by atoms with E-state index in [1.54, 1.807) is 0 Å². The molecule has 9 nitrogen and oxygen atoms in total. The molecule has 0 unspecified atom stereocenters. The van der Waals surface area contributed by atoms with Gasteiger partial charge >= 0.3 is 17.5 Å². The number of hydrogen-bond donors (Lipinski definition) is 0. The lowest BCUT2D eigenvalue weighted by Crippen LogP contribution is -2.52. The summed E-state index contributed by atoms with van der Waals surface area (Å²) < 4.78 is 22.2. The molecule has 0 fully saturated rings. The van der Waals surface area contributed by atoms with E-state index in [0.717, 1.165) is 32.7 Å². The van der Waals surface area contributed by atoms with Crippen LogP contribution in [0.2, 0.25) is 0 Å². The minimum absolute atomic E-state index is 0.132. The number of thiazole rings is 2. The zero-order valence-electron chi connectivity index (χ0n) is 31.4. The molecule has 0 aliphatic carbocycles. The minimum Gasteiger partial charge on any atom is -0.457 e. The molecule has 0 atom stereocenters. The van der Waals surface area contributed by atoms with Crippen molar-refractivity contribution in [3.05, 3.63) is 155 Å². The van der Waals surface area contributed by atoms with Crippen molar-refractivity contribution in [3.63, 3.8) is 0 Å². The molecule has 0 N–H and O–H groups in total. The second-order valence-corrected chi connectivity index (χ2v) is 19.6. The fourth-order valence-corrected chi connectivity index (χ4v) is 13.6. The maximum Gasteiger partial charge on any atom is 0.367 e. The number of fused-ring (bicyclic) bond motifs is 9. The Morgan fingerprint density at radius 3 is 1.42 bits per heavy atom. The molecule has 0 spiro atoms. The maximum atomic E-state index is 15.1. The summed E-state index contributed by atoms with van der Waals surface area (Å²) in [5.41, 5.74) is -0.737. The van der Waals surface area contributed by atoms with Gasteiger partial charge in [-0.2, -0.15) is 0 Å². The van der Waals surface area contributed by atoms with E-state index in [4.69, 9.17) is 83.0 Å². The minimum atomic E-state index is -2.43. The third-order valence-corrected chi connectivity index (χ3v) is 16.5. The number of hydrogen-bond acceptors (Lipinski definition) is 17. The summed E-state index contributed by atoms with van der Waals surface area (Å²) in [4.78, 5) is 52.0. The first kappa shape index (κ1) is 39.4. The molecule has 1 aliphatic heterocycles. The Kier molecular flexibility index (Phi) is 9.77. The van der Waals surface area contributed by atoms with Gasteiger partial charge in [-0.05, 0) is 11.1 Å². The van der Waals surface area contributed by atoms with Gasteiger partial charge in [0.25, 0.3) is 0 Å². The third kappa shape index (κ3) is 6.29. The van der Waals surface area contributed by atoms with E-state index in [1.165, 1.54) is 45.3 Å². The predicted octanol–water partition coefficient (Wildman–Crippen LogP) is 12.2. The Morgan fingerprint density at radius 2 is 0.952 bits per heavy atom. The molecule has 11 rings (SSSR count). The maximum absolute atomic E-state index is 15.1. The summed E-state index contributed by atoms with van der Waals surface area (Å²) in [6.45, 7) is -0.264. The molecular formula is C45H22N4O5S8. The normalized spacial score (nSPS) is 13.0. The number of aromatic nitrogens is 2. The summed E-state index contributed by atoms with van der Waals surface area (Å²) in [6.07, 6.45) is 0. The number of ether oxygens (including phenoxy) is 3. The lowest BCUT2D eigenvalue weighted by molar-refractivity contribution is -0.183.